The van der Waals surface area contributed by atoms with Crippen molar-refractivity contribution < 1.29 is 22.8 Å². The molecule has 24 heavy (non-hydrogen) atoms. The van der Waals surface area contributed by atoms with Crippen molar-refractivity contribution in [1.29, 1.82) is 0 Å². The molecular formula is C15H10BrF3N2O2S. The van der Waals surface area contributed by atoms with Crippen molar-refractivity contribution in [2.24, 2.45) is 5.10 Å². The first-order valence-corrected chi connectivity index (χ1v) is 8.21. The van der Waals surface area contributed by atoms with Crippen LogP contribution in [-0.4, -0.2) is 23.6 Å². The van der Waals surface area contributed by atoms with Crippen molar-refractivity contribution in [2.75, 3.05) is 0 Å². The van der Waals surface area contributed by atoms with Gasteiger partial charge in [-0.15, -0.1) is 11.3 Å². The van der Waals surface area contributed by atoms with E-state index in [0.29, 0.717) is 4.47 Å². The summed E-state index contributed by atoms with van der Waals surface area (Å²) in [7, 11) is 0. The zero-order chi connectivity index (χ0) is 17.7. The summed E-state index contributed by atoms with van der Waals surface area (Å²) < 4.78 is 38.6. The molecule has 0 unspecified atom stereocenters. The largest absolute Gasteiger partial charge is 0.394 e. The summed E-state index contributed by atoms with van der Waals surface area (Å²) in [6.07, 6.45) is -6.14. The highest BCUT2D eigenvalue weighted by molar-refractivity contribution is 9.10. The molecule has 0 bridgehead atoms. The lowest BCUT2D eigenvalue weighted by Crippen LogP contribution is -2.27. The highest BCUT2D eigenvalue weighted by atomic mass is 79.9. The van der Waals surface area contributed by atoms with Gasteiger partial charge in [0.15, 0.2) is 0 Å². The second-order valence-electron chi connectivity index (χ2n) is 4.61. The zero-order valence-electron chi connectivity index (χ0n) is 11.9. The average molecular weight is 419 g/mol. The number of hydrogen-bond donors (Lipinski definition) is 1. The lowest BCUT2D eigenvalue weighted by Gasteiger charge is -2.08. The molecule has 1 N–H and O–H groups in total. The highest BCUT2D eigenvalue weighted by Gasteiger charge is 2.33. The summed E-state index contributed by atoms with van der Waals surface area (Å²) in [4.78, 5) is 24.2. The lowest BCUT2D eigenvalue weighted by molar-refractivity contribution is -0.121. The van der Waals surface area contributed by atoms with Crippen molar-refractivity contribution in [3.05, 3.63) is 56.7 Å². The van der Waals surface area contributed by atoms with Crippen LogP contribution in [0.25, 0.3) is 0 Å². The monoisotopic (exact) mass is 418 g/mol. The van der Waals surface area contributed by atoms with E-state index in [4.69, 9.17) is 0 Å². The molecule has 0 fully saturated rings. The topological polar surface area (TPSA) is 58.5 Å². The summed E-state index contributed by atoms with van der Waals surface area (Å²) in [5.41, 5.74) is 1.43. The van der Waals surface area contributed by atoms with E-state index in [1.165, 1.54) is 18.2 Å². The lowest BCUT2D eigenvalue weighted by atomic mass is 10.1. The Hall–Kier alpha value is -2.00. The minimum atomic E-state index is -4.62. The van der Waals surface area contributed by atoms with Gasteiger partial charge in [0, 0.05) is 10.0 Å². The van der Waals surface area contributed by atoms with Crippen LogP contribution in [0.4, 0.5) is 13.2 Å². The van der Waals surface area contributed by atoms with Crippen molar-refractivity contribution in [2.45, 2.75) is 12.6 Å². The Balaban J connectivity index is 2.21. The van der Waals surface area contributed by atoms with Gasteiger partial charge in [-0.25, -0.2) is 5.43 Å². The zero-order valence-corrected chi connectivity index (χ0v) is 14.3. The molecule has 4 nitrogen and oxygen atoms in total. The molecule has 0 saturated heterocycles. The fourth-order valence-corrected chi connectivity index (χ4v) is 2.81. The fraction of sp³-hybridized carbons (Fsp3) is 0.133. The van der Waals surface area contributed by atoms with E-state index in [0.717, 1.165) is 11.3 Å². The molecule has 9 heteroatoms. The van der Waals surface area contributed by atoms with Crippen LogP contribution in [0.1, 0.15) is 26.5 Å². The van der Waals surface area contributed by atoms with Crippen molar-refractivity contribution >= 4 is 44.7 Å². The first kappa shape index (κ1) is 18.3. The van der Waals surface area contributed by atoms with Crippen LogP contribution in [-0.2, 0) is 0 Å². The van der Waals surface area contributed by atoms with Gasteiger partial charge >= 0.3 is 6.18 Å². The van der Waals surface area contributed by atoms with Crippen LogP contribution in [0.5, 0.6) is 0 Å². The molecule has 0 aliphatic heterocycles. The van der Waals surface area contributed by atoms with Gasteiger partial charge < -0.3 is 0 Å². The summed E-state index contributed by atoms with van der Waals surface area (Å²) in [6.45, 7) is 0. The highest BCUT2D eigenvalue weighted by Crippen LogP contribution is 2.22. The van der Waals surface area contributed by atoms with E-state index in [2.05, 4.69) is 21.0 Å². The number of benzene rings is 1. The Morgan fingerprint density at radius 3 is 2.54 bits per heavy atom. The van der Waals surface area contributed by atoms with E-state index < -0.39 is 30.0 Å². The van der Waals surface area contributed by atoms with Gasteiger partial charge in [0.05, 0.1) is 11.3 Å². The number of nitrogens with one attached hydrogen (secondary N) is 1. The summed E-state index contributed by atoms with van der Waals surface area (Å²) in [5.74, 6) is -1.58. The maximum absolute atomic E-state index is 12.7. The third kappa shape index (κ3) is 5.27. The molecule has 0 spiro atoms. The third-order valence-corrected chi connectivity index (χ3v) is 4.12. The predicted octanol–water partition coefficient (Wildman–Crippen LogP) is 4.43. The van der Waals surface area contributed by atoms with Crippen molar-refractivity contribution in [1.82, 2.24) is 5.43 Å². The van der Waals surface area contributed by atoms with Gasteiger partial charge in [0.2, 0.25) is 5.78 Å². The summed E-state index contributed by atoms with van der Waals surface area (Å²) in [5, 5.41) is 4.98. The number of hydrazone groups is 1. The number of Topliss-reactive ketones (excluding diaryl/α,β-unsaturated/α-hetero) is 1. The maximum atomic E-state index is 12.7. The minimum absolute atomic E-state index is 0.120. The Bertz CT molecular complexity index is 773. The fourth-order valence-electron chi connectivity index (χ4n) is 1.72. The number of halogens is 4. The van der Waals surface area contributed by atoms with Gasteiger partial charge in [-0.05, 0) is 29.6 Å². The van der Waals surface area contributed by atoms with Crippen LogP contribution in [0, 0.1) is 0 Å². The number of carbonyl (C=O) groups excluding carboxylic acids is 2. The Morgan fingerprint density at radius 2 is 1.96 bits per heavy atom. The van der Waals surface area contributed by atoms with Crippen molar-refractivity contribution in [3.63, 3.8) is 0 Å². The van der Waals surface area contributed by atoms with Gasteiger partial charge in [0.25, 0.3) is 5.91 Å². The van der Waals surface area contributed by atoms with Crippen LogP contribution >= 0.6 is 27.3 Å². The van der Waals surface area contributed by atoms with E-state index >= 15 is 0 Å². The molecule has 2 aromatic rings. The Kier molecular flexibility index (Phi) is 5.89. The molecule has 1 aromatic heterocycles. The third-order valence-electron chi connectivity index (χ3n) is 2.75. The Labute approximate surface area is 147 Å². The van der Waals surface area contributed by atoms with E-state index in [-0.39, 0.29) is 10.4 Å². The molecule has 1 aromatic carbocycles. The van der Waals surface area contributed by atoms with Gasteiger partial charge in [0.1, 0.15) is 5.71 Å². The first-order valence-electron chi connectivity index (χ1n) is 6.54. The smallest absolute Gasteiger partial charge is 0.286 e. The molecule has 2 rings (SSSR count). The first-order chi connectivity index (χ1) is 11.3. The summed E-state index contributed by atoms with van der Waals surface area (Å²) >= 11 is 4.18. The molecule has 1 amide bonds. The second kappa shape index (κ2) is 7.71. The van der Waals surface area contributed by atoms with Crippen LogP contribution in [0.3, 0.4) is 0 Å². The normalized spacial score (nSPS) is 12.1. The van der Waals surface area contributed by atoms with E-state index in [1.54, 1.807) is 23.6 Å². The van der Waals surface area contributed by atoms with Gasteiger partial charge in [-0.2, -0.15) is 18.3 Å². The van der Waals surface area contributed by atoms with Crippen LogP contribution in [0.2, 0.25) is 0 Å². The molecule has 1 heterocycles. The number of hydrogen-bond acceptors (Lipinski definition) is 4. The number of nitrogens with zero attached hydrogens (tertiary/aromatic N) is 1. The molecule has 0 saturated carbocycles. The minimum Gasteiger partial charge on any atom is -0.286 e. The predicted molar refractivity (Wildman–Crippen MR) is 88.4 cm³/mol. The number of thiophene rings is 1. The molecule has 126 valence electrons. The standard InChI is InChI=1S/C15H10BrF3N2O2S/c16-10-4-1-3-9(7-10)14(23)21-20-11(8-15(17,18)19)13(22)12-5-2-6-24-12/h1-7H,8H2,(H,21,23)/b20-11-. The number of rotatable bonds is 5. The van der Waals surface area contributed by atoms with Gasteiger partial charge in [-0.1, -0.05) is 28.1 Å². The maximum Gasteiger partial charge on any atom is 0.394 e. The van der Waals surface area contributed by atoms with Gasteiger partial charge in [-0.3, -0.25) is 9.59 Å². The average Bonchev–Trinajstić information content (AvgIpc) is 3.03. The SMILES string of the molecule is O=C(N/N=C(/CC(F)(F)F)C(=O)c1cccs1)c1cccc(Br)c1. The Morgan fingerprint density at radius 1 is 1.21 bits per heavy atom. The molecule has 0 aliphatic rings. The number of alkyl halides is 3. The molecular weight excluding hydrogens is 409 g/mol. The molecule has 0 atom stereocenters. The molecule has 0 radical (unpaired) electrons. The summed E-state index contributed by atoms with van der Waals surface area (Å²) in [6, 6.07) is 9.18. The quantitative estimate of drug-likeness (QED) is 0.443. The van der Waals surface area contributed by atoms with E-state index in [1.807, 2.05) is 5.43 Å². The second-order valence-corrected chi connectivity index (χ2v) is 6.47. The number of ketones is 1. The van der Waals surface area contributed by atoms with Crippen LogP contribution < -0.4 is 5.43 Å². The van der Waals surface area contributed by atoms with Crippen LogP contribution in [0.15, 0.2) is 51.4 Å². The van der Waals surface area contributed by atoms with E-state index in [9.17, 15) is 22.8 Å². The molecule has 0 aliphatic carbocycles. The number of amides is 1. The van der Waals surface area contributed by atoms with Crippen molar-refractivity contribution in [3.8, 4) is 0 Å². The number of carbonyl (C=O) groups is 2.